The number of anilines is 1. The Kier molecular flexibility index (Phi) is 4.46. The Balaban J connectivity index is 1.38. The smallest absolute Gasteiger partial charge is 0.277 e. The van der Waals surface area contributed by atoms with Crippen LogP contribution in [0.2, 0.25) is 0 Å². The summed E-state index contributed by atoms with van der Waals surface area (Å²) in [5.41, 5.74) is 3.07. The third-order valence-electron chi connectivity index (χ3n) is 5.42. The molecule has 2 aliphatic rings. The lowest BCUT2D eigenvalue weighted by molar-refractivity contribution is -0.116. The second-order valence-electron chi connectivity index (χ2n) is 7.42. The van der Waals surface area contributed by atoms with Gasteiger partial charge in [0.05, 0.1) is 5.69 Å². The highest BCUT2D eigenvalue weighted by molar-refractivity contribution is 5.91. The van der Waals surface area contributed by atoms with E-state index in [4.69, 9.17) is 9.47 Å². The molecule has 29 heavy (non-hydrogen) atoms. The normalized spacial score (nSPS) is 15.6. The van der Waals surface area contributed by atoms with E-state index >= 15 is 0 Å². The van der Waals surface area contributed by atoms with Crippen LogP contribution in [0.4, 0.5) is 5.69 Å². The number of amides is 1. The van der Waals surface area contributed by atoms with E-state index in [2.05, 4.69) is 10.4 Å². The lowest BCUT2D eigenvalue weighted by atomic mass is 10.1. The number of hydrogen-bond donors (Lipinski definition) is 1. The average molecular weight is 394 g/mol. The SMILES string of the molecule is O=C(Cn1ccn2nc3c(c2c1=O)CCCCC3)Nc1ccc2c(c1)OCCO2. The predicted molar refractivity (Wildman–Crippen MR) is 107 cm³/mol. The minimum atomic E-state index is -0.279. The minimum Gasteiger partial charge on any atom is -0.486 e. The van der Waals surface area contributed by atoms with Crippen molar-refractivity contribution >= 4 is 17.1 Å². The van der Waals surface area contributed by atoms with Crippen LogP contribution in [0.3, 0.4) is 0 Å². The highest BCUT2D eigenvalue weighted by Crippen LogP contribution is 2.32. The molecule has 1 N–H and O–H groups in total. The summed E-state index contributed by atoms with van der Waals surface area (Å²) in [5.74, 6) is 0.991. The topological polar surface area (TPSA) is 86.9 Å². The summed E-state index contributed by atoms with van der Waals surface area (Å²) in [6.45, 7) is 0.932. The van der Waals surface area contributed by atoms with E-state index in [-0.39, 0.29) is 18.0 Å². The molecule has 150 valence electrons. The second-order valence-corrected chi connectivity index (χ2v) is 7.42. The molecule has 2 aromatic heterocycles. The van der Waals surface area contributed by atoms with Gasteiger partial charge in [-0.15, -0.1) is 0 Å². The van der Waals surface area contributed by atoms with Crippen molar-refractivity contribution in [3.05, 3.63) is 52.2 Å². The number of nitrogens with one attached hydrogen (secondary N) is 1. The third kappa shape index (κ3) is 3.35. The number of carbonyl (C=O) groups excluding carboxylic acids is 1. The van der Waals surface area contributed by atoms with E-state index < -0.39 is 0 Å². The molecule has 1 aromatic carbocycles. The number of benzene rings is 1. The van der Waals surface area contributed by atoms with Gasteiger partial charge in [-0.05, 0) is 37.8 Å². The van der Waals surface area contributed by atoms with Gasteiger partial charge in [0.25, 0.3) is 5.56 Å². The maximum atomic E-state index is 13.0. The fraction of sp³-hybridized carbons (Fsp3) is 0.381. The molecule has 8 heteroatoms. The molecule has 3 aromatic rings. The first-order chi connectivity index (χ1) is 14.2. The first-order valence-electron chi connectivity index (χ1n) is 9.98. The molecule has 1 amide bonds. The molecule has 0 spiro atoms. The summed E-state index contributed by atoms with van der Waals surface area (Å²) in [6, 6.07) is 5.26. The van der Waals surface area contributed by atoms with E-state index in [1.165, 1.54) is 4.57 Å². The fourth-order valence-electron chi connectivity index (χ4n) is 4.03. The van der Waals surface area contributed by atoms with Gasteiger partial charge in [0.2, 0.25) is 5.91 Å². The van der Waals surface area contributed by atoms with Gasteiger partial charge in [0, 0.05) is 29.7 Å². The molecule has 0 atom stereocenters. The van der Waals surface area contributed by atoms with Crippen LogP contribution in [0.5, 0.6) is 11.5 Å². The van der Waals surface area contributed by atoms with Crippen LogP contribution >= 0.6 is 0 Å². The number of aromatic nitrogens is 3. The summed E-state index contributed by atoms with van der Waals surface area (Å²) >= 11 is 0. The van der Waals surface area contributed by atoms with E-state index in [0.29, 0.717) is 35.9 Å². The first kappa shape index (κ1) is 17.8. The maximum Gasteiger partial charge on any atom is 0.277 e. The van der Waals surface area contributed by atoms with Crippen LogP contribution < -0.4 is 20.3 Å². The highest BCUT2D eigenvalue weighted by Gasteiger charge is 2.19. The van der Waals surface area contributed by atoms with Gasteiger partial charge in [-0.2, -0.15) is 5.10 Å². The number of nitrogens with zero attached hydrogens (tertiary/aromatic N) is 3. The van der Waals surface area contributed by atoms with Crippen molar-refractivity contribution in [2.75, 3.05) is 18.5 Å². The van der Waals surface area contributed by atoms with E-state index in [0.717, 1.165) is 43.4 Å². The molecule has 0 radical (unpaired) electrons. The molecule has 0 fully saturated rings. The Hall–Kier alpha value is -3.29. The molecule has 1 aliphatic heterocycles. The lowest BCUT2D eigenvalue weighted by Gasteiger charge is -2.19. The lowest BCUT2D eigenvalue weighted by Crippen LogP contribution is -2.28. The Bertz CT molecular complexity index is 1150. The number of carbonyl (C=O) groups is 1. The number of rotatable bonds is 3. The van der Waals surface area contributed by atoms with E-state index in [1.54, 1.807) is 35.1 Å². The summed E-state index contributed by atoms with van der Waals surface area (Å²) in [4.78, 5) is 25.6. The number of ether oxygens (including phenoxy) is 2. The van der Waals surface area contributed by atoms with Crippen LogP contribution in [0.15, 0.2) is 35.4 Å². The summed E-state index contributed by atoms with van der Waals surface area (Å²) in [6.07, 6.45) is 8.45. The zero-order valence-electron chi connectivity index (χ0n) is 16.0. The Morgan fingerprint density at radius 2 is 1.90 bits per heavy atom. The van der Waals surface area contributed by atoms with Gasteiger partial charge < -0.3 is 19.4 Å². The third-order valence-corrected chi connectivity index (χ3v) is 5.42. The first-order valence-corrected chi connectivity index (χ1v) is 9.98. The van der Waals surface area contributed by atoms with Crippen molar-refractivity contribution < 1.29 is 14.3 Å². The molecule has 0 saturated carbocycles. The zero-order chi connectivity index (χ0) is 19.8. The van der Waals surface area contributed by atoms with Gasteiger partial charge in [-0.1, -0.05) is 6.42 Å². The molecule has 0 saturated heterocycles. The van der Waals surface area contributed by atoms with Crippen LogP contribution in [-0.4, -0.2) is 33.3 Å². The van der Waals surface area contributed by atoms with Crippen LogP contribution in [-0.2, 0) is 24.2 Å². The molecular formula is C21H22N4O4. The standard InChI is InChI=1S/C21H22N4O4/c26-19(22-14-6-7-17-18(12-14)29-11-10-28-17)13-24-8-9-25-20(21(24)27)15-4-2-1-3-5-16(15)23-25/h6-9,12H,1-5,10-11,13H2,(H,22,26). The Morgan fingerprint density at radius 1 is 1.07 bits per heavy atom. The molecule has 8 nitrogen and oxygen atoms in total. The number of hydrogen-bond acceptors (Lipinski definition) is 5. The van der Waals surface area contributed by atoms with E-state index in [9.17, 15) is 9.59 Å². The maximum absolute atomic E-state index is 13.0. The number of fused-ring (bicyclic) bond motifs is 4. The van der Waals surface area contributed by atoms with Crippen molar-refractivity contribution in [1.29, 1.82) is 0 Å². The summed E-state index contributed by atoms with van der Waals surface area (Å²) in [7, 11) is 0. The second kappa shape index (κ2) is 7.27. The van der Waals surface area contributed by atoms with Crippen molar-refractivity contribution in [3.8, 4) is 11.5 Å². The Morgan fingerprint density at radius 3 is 2.79 bits per heavy atom. The monoisotopic (exact) mass is 394 g/mol. The molecule has 5 rings (SSSR count). The van der Waals surface area contributed by atoms with Crippen LogP contribution in [0, 0.1) is 0 Å². The molecule has 3 heterocycles. The number of aryl methyl sites for hydroxylation is 2. The predicted octanol–water partition coefficient (Wildman–Crippen LogP) is 2.17. The van der Waals surface area contributed by atoms with Crippen LogP contribution in [0.1, 0.15) is 30.5 Å². The van der Waals surface area contributed by atoms with Gasteiger partial charge >= 0.3 is 0 Å². The summed E-state index contributed by atoms with van der Waals surface area (Å²) in [5, 5.41) is 7.41. The van der Waals surface area contributed by atoms with Crippen molar-refractivity contribution in [2.45, 2.75) is 38.6 Å². The van der Waals surface area contributed by atoms with Crippen LogP contribution in [0.25, 0.3) is 5.52 Å². The Labute approximate surface area is 167 Å². The highest BCUT2D eigenvalue weighted by atomic mass is 16.6. The largest absolute Gasteiger partial charge is 0.486 e. The van der Waals surface area contributed by atoms with Gasteiger partial charge in [-0.25, -0.2) is 4.52 Å². The zero-order valence-corrected chi connectivity index (χ0v) is 16.0. The minimum absolute atomic E-state index is 0.0657. The average Bonchev–Trinajstić information content (AvgIpc) is 2.92. The van der Waals surface area contributed by atoms with Gasteiger partial charge in [0.15, 0.2) is 11.5 Å². The van der Waals surface area contributed by atoms with Crippen molar-refractivity contribution in [1.82, 2.24) is 14.2 Å². The van der Waals surface area contributed by atoms with Crippen molar-refractivity contribution in [3.63, 3.8) is 0 Å². The molecule has 1 aliphatic carbocycles. The fourth-order valence-corrected chi connectivity index (χ4v) is 4.03. The van der Waals surface area contributed by atoms with E-state index in [1.807, 2.05) is 0 Å². The molecule has 0 unspecified atom stereocenters. The summed E-state index contributed by atoms with van der Waals surface area (Å²) < 4.78 is 14.1. The quantitative estimate of drug-likeness (QED) is 0.688. The van der Waals surface area contributed by atoms with Gasteiger partial charge in [0.1, 0.15) is 25.3 Å². The van der Waals surface area contributed by atoms with Crippen molar-refractivity contribution in [2.24, 2.45) is 0 Å². The molecular weight excluding hydrogens is 372 g/mol. The van der Waals surface area contributed by atoms with Gasteiger partial charge in [-0.3, -0.25) is 9.59 Å². The molecule has 0 bridgehead atoms.